The van der Waals surface area contributed by atoms with Crippen molar-refractivity contribution in [3.8, 4) is 5.75 Å². The summed E-state index contributed by atoms with van der Waals surface area (Å²) in [6, 6.07) is 11.6. The predicted molar refractivity (Wildman–Crippen MR) is 95.5 cm³/mol. The van der Waals surface area contributed by atoms with E-state index in [2.05, 4.69) is 44.6 Å². The van der Waals surface area contributed by atoms with Gasteiger partial charge in [0.1, 0.15) is 5.75 Å². The molecule has 0 aliphatic carbocycles. The molecule has 0 spiro atoms. The van der Waals surface area contributed by atoms with Gasteiger partial charge in [0, 0.05) is 19.1 Å². The summed E-state index contributed by atoms with van der Waals surface area (Å²) in [6.45, 7) is 0. The Labute approximate surface area is 145 Å². The highest BCUT2D eigenvalue weighted by atomic mass is 127. The Morgan fingerprint density at radius 3 is 2.75 bits per heavy atom. The Morgan fingerprint density at radius 1 is 1.30 bits per heavy atom. The normalized spacial score (nSPS) is 12.2. The Morgan fingerprint density at radius 2 is 2.05 bits per heavy atom. The van der Waals surface area contributed by atoms with E-state index in [-0.39, 0.29) is 6.04 Å². The molecule has 2 nitrogen and oxygen atoms in total. The van der Waals surface area contributed by atoms with Crippen molar-refractivity contribution in [2.75, 3.05) is 7.11 Å². The number of hydrogen-bond acceptors (Lipinski definition) is 2. The van der Waals surface area contributed by atoms with Gasteiger partial charge in [-0.05, 0) is 76.5 Å². The number of benzene rings is 2. The zero-order valence-electron chi connectivity index (χ0n) is 10.9. The zero-order valence-corrected chi connectivity index (χ0v) is 15.4. The van der Waals surface area contributed by atoms with Gasteiger partial charge in [0.25, 0.3) is 0 Å². The first-order chi connectivity index (χ1) is 9.51. The van der Waals surface area contributed by atoms with Crippen LogP contribution in [0.3, 0.4) is 0 Å². The van der Waals surface area contributed by atoms with E-state index in [0.29, 0.717) is 11.4 Å². The molecular formula is C15H14BrClINO. The molecule has 106 valence electrons. The van der Waals surface area contributed by atoms with Crippen LogP contribution in [0.5, 0.6) is 5.75 Å². The van der Waals surface area contributed by atoms with E-state index in [4.69, 9.17) is 22.1 Å². The minimum atomic E-state index is -0.119. The smallest absolute Gasteiger partial charge is 0.122 e. The van der Waals surface area contributed by atoms with Crippen LogP contribution in [0.15, 0.2) is 40.9 Å². The van der Waals surface area contributed by atoms with Crippen molar-refractivity contribution in [1.29, 1.82) is 0 Å². The summed E-state index contributed by atoms with van der Waals surface area (Å²) in [4.78, 5) is 0. The lowest BCUT2D eigenvalue weighted by Crippen LogP contribution is -2.14. The largest absolute Gasteiger partial charge is 0.496 e. The molecule has 0 heterocycles. The molecule has 0 bridgehead atoms. The second-order valence-corrected chi connectivity index (χ2v) is 6.97. The Kier molecular flexibility index (Phi) is 5.72. The van der Waals surface area contributed by atoms with Crippen LogP contribution < -0.4 is 10.5 Å². The molecule has 0 saturated heterocycles. The monoisotopic (exact) mass is 465 g/mol. The fraction of sp³-hybridized carbons (Fsp3) is 0.200. The van der Waals surface area contributed by atoms with E-state index in [9.17, 15) is 0 Å². The van der Waals surface area contributed by atoms with Crippen LogP contribution in [0.2, 0.25) is 5.02 Å². The number of ether oxygens (including phenoxy) is 1. The quantitative estimate of drug-likeness (QED) is 0.647. The van der Waals surface area contributed by atoms with Crippen LogP contribution in [0, 0.1) is 3.57 Å². The average molecular weight is 467 g/mol. The van der Waals surface area contributed by atoms with Crippen molar-refractivity contribution in [1.82, 2.24) is 0 Å². The summed E-state index contributed by atoms with van der Waals surface area (Å²) < 4.78 is 7.54. The number of nitrogens with two attached hydrogens (primary N) is 1. The minimum Gasteiger partial charge on any atom is -0.496 e. The van der Waals surface area contributed by atoms with Gasteiger partial charge in [-0.3, -0.25) is 0 Å². The van der Waals surface area contributed by atoms with Crippen molar-refractivity contribution in [2.45, 2.75) is 12.5 Å². The first-order valence-electron chi connectivity index (χ1n) is 6.04. The van der Waals surface area contributed by atoms with Gasteiger partial charge in [-0.15, -0.1) is 0 Å². The highest BCUT2D eigenvalue weighted by Gasteiger charge is 2.14. The standard InChI is InChI=1S/C15H14BrClINO/c1-20-15-5-2-10(17)6-9(15)7-14(19)12-8-11(18)3-4-13(12)16/h2-6,8,14H,7,19H2,1H3. The van der Waals surface area contributed by atoms with E-state index in [1.165, 1.54) is 0 Å². The molecule has 2 aromatic carbocycles. The second kappa shape index (κ2) is 7.11. The lowest BCUT2D eigenvalue weighted by molar-refractivity contribution is 0.408. The molecule has 2 N–H and O–H groups in total. The average Bonchev–Trinajstić information content (AvgIpc) is 2.41. The Hall–Kier alpha value is -0.300. The number of hydrogen-bond donors (Lipinski definition) is 1. The van der Waals surface area contributed by atoms with E-state index in [1.54, 1.807) is 7.11 Å². The molecular weight excluding hydrogens is 452 g/mol. The molecule has 1 unspecified atom stereocenters. The van der Waals surface area contributed by atoms with Crippen LogP contribution in [0.4, 0.5) is 0 Å². The maximum Gasteiger partial charge on any atom is 0.122 e. The van der Waals surface area contributed by atoms with Crippen molar-refractivity contribution < 1.29 is 4.74 Å². The third kappa shape index (κ3) is 3.87. The molecule has 0 aliphatic heterocycles. The fourth-order valence-corrected chi connectivity index (χ4v) is 3.30. The first kappa shape index (κ1) is 16.1. The van der Waals surface area contributed by atoms with Crippen LogP contribution >= 0.6 is 50.1 Å². The summed E-state index contributed by atoms with van der Waals surface area (Å²) in [5.41, 5.74) is 8.43. The van der Waals surface area contributed by atoms with E-state index < -0.39 is 0 Å². The van der Waals surface area contributed by atoms with Crippen LogP contribution in [0.25, 0.3) is 0 Å². The number of rotatable bonds is 4. The summed E-state index contributed by atoms with van der Waals surface area (Å²) in [7, 11) is 1.65. The van der Waals surface area contributed by atoms with Gasteiger partial charge >= 0.3 is 0 Å². The number of halogens is 3. The lowest BCUT2D eigenvalue weighted by Gasteiger charge is -2.16. The SMILES string of the molecule is COc1ccc(Cl)cc1CC(N)c1cc(I)ccc1Br. The molecule has 1 atom stereocenters. The van der Waals surface area contributed by atoms with E-state index >= 15 is 0 Å². The fourth-order valence-electron chi connectivity index (χ4n) is 2.05. The van der Waals surface area contributed by atoms with Gasteiger partial charge in [-0.2, -0.15) is 0 Å². The third-order valence-corrected chi connectivity index (χ3v) is 4.67. The van der Waals surface area contributed by atoms with Gasteiger partial charge in [-0.1, -0.05) is 27.5 Å². The van der Waals surface area contributed by atoms with Crippen molar-refractivity contribution in [3.05, 3.63) is 60.6 Å². The predicted octanol–water partition coefficient (Wildman–Crippen LogP) is 4.96. The molecule has 0 amide bonds. The molecule has 0 radical (unpaired) electrons. The summed E-state index contributed by atoms with van der Waals surface area (Å²) >= 11 is 11.9. The molecule has 2 rings (SSSR count). The Balaban J connectivity index is 2.29. The van der Waals surface area contributed by atoms with Crippen molar-refractivity contribution in [2.24, 2.45) is 5.73 Å². The van der Waals surface area contributed by atoms with Gasteiger partial charge < -0.3 is 10.5 Å². The van der Waals surface area contributed by atoms with Crippen molar-refractivity contribution in [3.63, 3.8) is 0 Å². The van der Waals surface area contributed by atoms with Gasteiger partial charge in [0.15, 0.2) is 0 Å². The van der Waals surface area contributed by atoms with E-state index in [0.717, 1.165) is 24.9 Å². The molecule has 0 saturated carbocycles. The van der Waals surface area contributed by atoms with Crippen LogP contribution in [-0.4, -0.2) is 7.11 Å². The molecule has 5 heteroatoms. The highest BCUT2D eigenvalue weighted by molar-refractivity contribution is 14.1. The first-order valence-corrected chi connectivity index (χ1v) is 8.29. The summed E-state index contributed by atoms with van der Waals surface area (Å²) in [6.07, 6.45) is 0.669. The van der Waals surface area contributed by atoms with Gasteiger partial charge in [0.05, 0.1) is 7.11 Å². The minimum absolute atomic E-state index is 0.119. The van der Waals surface area contributed by atoms with Crippen molar-refractivity contribution >= 4 is 50.1 Å². The lowest BCUT2D eigenvalue weighted by atomic mass is 9.99. The summed E-state index contributed by atoms with van der Waals surface area (Å²) in [5, 5.41) is 0.690. The highest BCUT2D eigenvalue weighted by Crippen LogP contribution is 2.30. The van der Waals surface area contributed by atoms with Gasteiger partial charge in [0.2, 0.25) is 0 Å². The van der Waals surface area contributed by atoms with Gasteiger partial charge in [-0.25, -0.2) is 0 Å². The molecule has 20 heavy (non-hydrogen) atoms. The summed E-state index contributed by atoms with van der Waals surface area (Å²) in [5.74, 6) is 0.812. The maximum atomic E-state index is 6.34. The van der Waals surface area contributed by atoms with E-state index in [1.807, 2.05) is 30.3 Å². The second-order valence-electron chi connectivity index (χ2n) is 4.43. The topological polar surface area (TPSA) is 35.2 Å². The van der Waals surface area contributed by atoms with Crippen LogP contribution in [0.1, 0.15) is 17.2 Å². The Bertz CT molecular complexity index is 621. The maximum absolute atomic E-state index is 6.34. The number of methoxy groups -OCH3 is 1. The van der Waals surface area contributed by atoms with Crippen LogP contribution in [-0.2, 0) is 6.42 Å². The molecule has 0 aliphatic rings. The third-order valence-electron chi connectivity index (χ3n) is 3.04. The zero-order chi connectivity index (χ0) is 14.7. The molecule has 0 fully saturated rings. The molecule has 0 aromatic heterocycles. The molecule has 2 aromatic rings.